The lowest BCUT2D eigenvalue weighted by Gasteiger charge is -2.13. The smallest absolute Gasteiger partial charge is 0.341 e. The average molecular weight is 413 g/mol. The Labute approximate surface area is 166 Å². The average Bonchev–Trinajstić information content (AvgIpc) is 3.18. The van der Waals surface area contributed by atoms with E-state index in [4.69, 9.17) is 28.6 Å². The summed E-state index contributed by atoms with van der Waals surface area (Å²) < 4.78 is 7.00. The summed E-state index contributed by atoms with van der Waals surface area (Å²) in [6, 6.07) is 0. The highest BCUT2D eigenvalue weighted by atomic mass is 35.5. The monoisotopic (exact) mass is 412 g/mol. The van der Waals surface area contributed by atoms with Gasteiger partial charge in [-0.05, 0) is 50.4 Å². The first-order chi connectivity index (χ1) is 12.6. The number of aryl methyl sites for hydroxylation is 1. The van der Waals surface area contributed by atoms with Crippen LogP contribution >= 0.6 is 35.2 Å². The van der Waals surface area contributed by atoms with Crippen LogP contribution in [0.25, 0.3) is 0 Å². The highest BCUT2D eigenvalue weighted by Gasteiger charge is 2.26. The first-order valence-electron chi connectivity index (χ1n) is 8.63. The van der Waals surface area contributed by atoms with Crippen molar-refractivity contribution >= 4 is 51.2 Å². The number of carbonyl (C=O) groups excluding carboxylic acids is 1. The molecule has 0 atom stereocenters. The molecule has 0 aromatic carbocycles. The third-order valence-electron chi connectivity index (χ3n) is 4.11. The van der Waals surface area contributed by atoms with Crippen molar-refractivity contribution < 1.29 is 9.53 Å². The zero-order valence-corrected chi connectivity index (χ0v) is 16.9. The first-order valence-corrected chi connectivity index (χ1v) is 10.2. The molecular weight excluding hydrogens is 392 g/mol. The second kappa shape index (κ2) is 8.83. The molecule has 1 aliphatic rings. The molecule has 0 fully saturated rings. The van der Waals surface area contributed by atoms with Crippen molar-refractivity contribution in [3.05, 3.63) is 33.4 Å². The van der Waals surface area contributed by atoms with E-state index in [1.54, 1.807) is 28.4 Å². The number of nitrogens with zero attached hydrogens (tertiary/aromatic N) is 2. The van der Waals surface area contributed by atoms with Gasteiger partial charge in [-0.1, -0.05) is 11.6 Å². The number of aromatic nitrogens is 2. The molecule has 2 heterocycles. The highest BCUT2D eigenvalue weighted by molar-refractivity contribution is 7.80. The Hall–Kier alpha value is -1.64. The highest BCUT2D eigenvalue weighted by Crippen LogP contribution is 2.38. The molecule has 140 valence electrons. The summed E-state index contributed by atoms with van der Waals surface area (Å²) in [5, 5.41) is 12.3. The Balaban J connectivity index is 1.65. The van der Waals surface area contributed by atoms with Crippen molar-refractivity contribution in [3.8, 4) is 0 Å². The van der Waals surface area contributed by atoms with Crippen molar-refractivity contribution in [1.82, 2.24) is 15.1 Å². The maximum Gasteiger partial charge on any atom is 0.341 e. The summed E-state index contributed by atoms with van der Waals surface area (Å²) in [5.74, 6) is -0.275. The number of fused-ring (bicyclic) bond motifs is 1. The van der Waals surface area contributed by atoms with Gasteiger partial charge in [0.15, 0.2) is 5.11 Å². The Morgan fingerprint density at radius 1 is 1.46 bits per heavy atom. The summed E-state index contributed by atoms with van der Waals surface area (Å²) in [6.45, 7) is 3.42. The summed E-state index contributed by atoms with van der Waals surface area (Å²) in [4.78, 5) is 13.7. The van der Waals surface area contributed by atoms with E-state index in [0.29, 0.717) is 35.4 Å². The number of halogens is 1. The molecule has 6 nitrogen and oxygen atoms in total. The molecule has 0 saturated carbocycles. The number of ether oxygens (including phenoxy) is 1. The van der Waals surface area contributed by atoms with Crippen LogP contribution < -0.4 is 10.6 Å². The minimum absolute atomic E-state index is 0.275. The molecule has 0 bridgehead atoms. The quantitative estimate of drug-likeness (QED) is 0.557. The van der Waals surface area contributed by atoms with Crippen molar-refractivity contribution in [2.24, 2.45) is 0 Å². The van der Waals surface area contributed by atoms with E-state index in [9.17, 15) is 4.79 Å². The minimum atomic E-state index is -0.275. The Morgan fingerprint density at radius 3 is 3.00 bits per heavy atom. The number of esters is 1. The van der Waals surface area contributed by atoms with Gasteiger partial charge in [0.25, 0.3) is 0 Å². The van der Waals surface area contributed by atoms with Gasteiger partial charge in [0, 0.05) is 17.6 Å². The van der Waals surface area contributed by atoms with Crippen LogP contribution in [-0.2, 0) is 24.1 Å². The summed E-state index contributed by atoms with van der Waals surface area (Å²) in [5.41, 5.74) is 1.77. The van der Waals surface area contributed by atoms with Crippen LogP contribution in [0.3, 0.4) is 0 Å². The predicted molar refractivity (Wildman–Crippen MR) is 108 cm³/mol. The Bertz CT molecular complexity index is 803. The molecule has 0 unspecified atom stereocenters. The molecule has 0 amide bonds. The lowest BCUT2D eigenvalue weighted by molar-refractivity contribution is 0.0526. The molecule has 0 radical (unpaired) electrons. The number of hydrogen-bond donors (Lipinski definition) is 2. The standard InChI is InChI=1S/C17H21ClN4O2S2/c1-2-24-16(23)14-12-5-3-4-6-13(12)26-15(14)21-17(25)19-7-8-22-10-11(18)9-20-22/h9-10H,2-8H2,1H3,(H2,19,21,25). The van der Waals surface area contributed by atoms with E-state index in [1.807, 2.05) is 6.92 Å². The number of nitrogens with one attached hydrogen (secondary N) is 2. The molecule has 2 N–H and O–H groups in total. The number of carbonyl (C=O) groups is 1. The van der Waals surface area contributed by atoms with Gasteiger partial charge in [-0.25, -0.2) is 4.79 Å². The maximum atomic E-state index is 12.4. The summed E-state index contributed by atoms with van der Waals surface area (Å²) in [7, 11) is 0. The first kappa shape index (κ1) is 19.1. The van der Waals surface area contributed by atoms with Crippen LogP contribution in [0.1, 0.15) is 40.6 Å². The zero-order chi connectivity index (χ0) is 18.5. The molecule has 2 aromatic heterocycles. The topological polar surface area (TPSA) is 68.2 Å². The minimum Gasteiger partial charge on any atom is -0.462 e. The van der Waals surface area contributed by atoms with Crippen LogP contribution in [0.5, 0.6) is 0 Å². The molecule has 9 heteroatoms. The zero-order valence-electron chi connectivity index (χ0n) is 14.5. The number of hydrogen-bond acceptors (Lipinski definition) is 5. The van der Waals surface area contributed by atoms with Crippen LogP contribution in [0.15, 0.2) is 12.4 Å². The van der Waals surface area contributed by atoms with Crippen molar-refractivity contribution in [2.75, 3.05) is 18.5 Å². The largest absolute Gasteiger partial charge is 0.462 e. The second-order valence-electron chi connectivity index (χ2n) is 5.94. The van der Waals surface area contributed by atoms with Crippen LogP contribution in [-0.4, -0.2) is 34.0 Å². The Kier molecular flexibility index (Phi) is 6.50. The maximum absolute atomic E-state index is 12.4. The molecule has 26 heavy (non-hydrogen) atoms. The van der Waals surface area contributed by atoms with E-state index in [1.165, 1.54) is 4.88 Å². The number of rotatable bonds is 6. The van der Waals surface area contributed by atoms with E-state index >= 15 is 0 Å². The normalized spacial score (nSPS) is 13.2. The third kappa shape index (κ3) is 4.55. The van der Waals surface area contributed by atoms with E-state index < -0.39 is 0 Å². The van der Waals surface area contributed by atoms with E-state index in [-0.39, 0.29) is 5.97 Å². The number of thiocarbonyl (C=S) groups is 1. The van der Waals surface area contributed by atoms with Crippen molar-refractivity contribution in [3.63, 3.8) is 0 Å². The number of thiophene rings is 1. The van der Waals surface area contributed by atoms with Crippen molar-refractivity contribution in [1.29, 1.82) is 0 Å². The van der Waals surface area contributed by atoms with Gasteiger partial charge in [-0.3, -0.25) is 4.68 Å². The molecule has 0 spiro atoms. The predicted octanol–water partition coefficient (Wildman–Crippen LogP) is 3.64. The van der Waals surface area contributed by atoms with E-state index in [0.717, 1.165) is 36.2 Å². The van der Waals surface area contributed by atoms with Gasteiger partial charge in [-0.2, -0.15) is 5.10 Å². The van der Waals surface area contributed by atoms with Gasteiger partial charge < -0.3 is 15.4 Å². The molecule has 2 aromatic rings. The molecule has 1 aliphatic carbocycles. The third-order valence-corrected chi connectivity index (χ3v) is 5.75. The fraction of sp³-hybridized carbons (Fsp3) is 0.471. The van der Waals surface area contributed by atoms with Gasteiger partial charge >= 0.3 is 5.97 Å². The van der Waals surface area contributed by atoms with Crippen LogP contribution in [0.2, 0.25) is 5.02 Å². The molecule has 0 saturated heterocycles. The van der Waals surface area contributed by atoms with Gasteiger partial charge in [-0.15, -0.1) is 11.3 Å². The van der Waals surface area contributed by atoms with Crippen LogP contribution in [0, 0.1) is 0 Å². The van der Waals surface area contributed by atoms with E-state index in [2.05, 4.69) is 15.7 Å². The molecular formula is C17H21ClN4O2S2. The lowest BCUT2D eigenvalue weighted by Crippen LogP contribution is -2.31. The lowest BCUT2D eigenvalue weighted by atomic mass is 9.95. The fourth-order valence-electron chi connectivity index (χ4n) is 2.97. The molecule has 3 rings (SSSR count). The van der Waals surface area contributed by atoms with Gasteiger partial charge in [0.1, 0.15) is 5.00 Å². The SMILES string of the molecule is CCOC(=O)c1c(NC(=S)NCCn2cc(Cl)cn2)sc2c1CCCC2. The molecule has 0 aliphatic heterocycles. The summed E-state index contributed by atoms with van der Waals surface area (Å²) >= 11 is 12.8. The second-order valence-corrected chi connectivity index (χ2v) is 7.89. The summed E-state index contributed by atoms with van der Waals surface area (Å²) in [6.07, 6.45) is 7.54. The fourth-order valence-corrected chi connectivity index (χ4v) is 4.67. The van der Waals surface area contributed by atoms with Gasteiger partial charge in [0.2, 0.25) is 0 Å². The Morgan fingerprint density at radius 2 is 2.27 bits per heavy atom. The van der Waals surface area contributed by atoms with Gasteiger partial charge in [0.05, 0.1) is 29.9 Å². The number of anilines is 1. The van der Waals surface area contributed by atoms with Crippen LogP contribution in [0.4, 0.5) is 5.00 Å². The van der Waals surface area contributed by atoms with Crippen molar-refractivity contribution in [2.45, 2.75) is 39.2 Å².